The molecule has 0 aromatic rings. The molecule has 0 radical (unpaired) electrons. The van der Waals surface area contributed by atoms with Crippen LogP contribution in [0, 0.1) is 11.3 Å². The average Bonchev–Trinajstić information content (AvgIpc) is 2.64. The predicted octanol–water partition coefficient (Wildman–Crippen LogP) is 2.78. The van der Waals surface area contributed by atoms with Gasteiger partial charge in [-0.1, -0.05) is 0 Å². The van der Waals surface area contributed by atoms with E-state index in [2.05, 4.69) is 44.5 Å². The molecule has 0 spiro atoms. The minimum atomic E-state index is -1.64. The highest BCUT2D eigenvalue weighted by atomic mass is 28.4. The second-order valence-corrected chi connectivity index (χ2v) is 13.5. The van der Waals surface area contributed by atoms with Crippen LogP contribution in [0.25, 0.3) is 0 Å². The fraction of sp³-hybridized carbons (Fsp3) is 0.800. The summed E-state index contributed by atoms with van der Waals surface area (Å²) in [5.74, 6) is -0.150. The normalized spacial score (nSPS) is 23.2. The van der Waals surface area contributed by atoms with Crippen LogP contribution in [0.5, 0.6) is 0 Å². The van der Waals surface area contributed by atoms with Crippen LogP contribution in [0.1, 0.15) is 33.1 Å². The van der Waals surface area contributed by atoms with Crippen LogP contribution in [0.15, 0.2) is 11.6 Å². The van der Waals surface area contributed by atoms with E-state index >= 15 is 0 Å². The van der Waals surface area contributed by atoms with E-state index in [-0.39, 0.29) is 23.1 Å². The third-order valence-electron chi connectivity index (χ3n) is 5.27. The zero-order valence-electron chi connectivity index (χ0n) is 17.6. The molecule has 152 valence electrons. The van der Waals surface area contributed by atoms with Crippen LogP contribution in [0.2, 0.25) is 19.6 Å². The lowest BCUT2D eigenvalue weighted by atomic mass is 9.96. The van der Waals surface area contributed by atoms with Gasteiger partial charge in [0.15, 0.2) is 8.32 Å². The molecule has 0 aromatic heterocycles. The molecule has 0 saturated carbocycles. The van der Waals surface area contributed by atoms with E-state index in [9.17, 15) is 10.1 Å². The molecule has 0 unspecified atom stereocenters. The molecular formula is C20H35N3O3Si. The number of nitrogens with zero attached hydrogens (tertiary/aromatic N) is 3. The molecule has 1 amide bonds. The van der Waals surface area contributed by atoms with Crippen molar-refractivity contribution in [3.05, 3.63) is 11.6 Å². The van der Waals surface area contributed by atoms with E-state index in [0.29, 0.717) is 26.4 Å². The Balaban J connectivity index is 2.14. The Morgan fingerprint density at radius 3 is 2.52 bits per heavy atom. The zero-order chi connectivity index (χ0) is 20.1. The number of ether oxygens (including phenoxy) is 1. The maximum atomic E-state index is 13.2. The minimum Gasteiger partial charge on any atom is -0.416 e. The first-order valence-electron chi connectivity index (χ1n) is 10.0. The first-order chi connectivity index (χ1) is 12.6. The van der Waals surface area contributed by atoms with E-state index in [1.54, 1.807) is 0 Å². The van der Waals surface area contributed by atoms with Crippen molar-refractivity contribution < 1.29 is 14.0 Å². The number of hydrogen-bond acceptors (Lipinski definition) is 5. The second-order valence-electron chi connectivity index (χ2n) is 8.99. The number of carbonyl (C=O) groups is 1. The number of morpholine rings is 1. The lowest BCUT2D eigenvalue weighted by Crippen LogP contribution is -2.50. The SMILES string of the molecule is CC(C)(/C=C(/C#N)C(=O)N1CCCC[C@@H]1CO[Si](C)(C)C)N1CCOCC1. The Kier molecular flexibility index (Phi) is 7.63. The highest BCUT2D eigenvalue weighted by Gasteiger charge is 2.33. The molecule has 0 bridgehead atoms. The molecule has 2 heterocycles. The van der Waals surface area contributed by atoms with Gasteiger partial charge in [0.2, 0.25) is 0 Å². The quantitative estimate of drug-likeness (QED) is 0.394. The van der Waals surface area contributed by atoms with E-state index in [1.807, 2.05) is 11.0 Å². The number of rotatable bonds is 6. The summed E-state index contributed by atoms with van der Waals surface area (Å²) in [6.45, 7) is 14.9. The van der Waals surface area contributed by atoms with Crippen LogP contribution in [-0.2, 0) is 14.0 Å². The van der Waals surface area contributed by atoms with Gasteiger partial charge in [-0.2, -0.15) is 5.26 Å². The monoisotopic (exact) mass is 393 g/mol. The number of amides is 1. The molecule has 6 nitrogen and oxygen atoms in total. The molecule has 0 N–H and O–H groups in total. The van der Waals surface area contributed by atoms with Crippen LogP contribution < -0.4 is 0 Å². The molecule has 2 aliphatic heterocycles. The van der Waals surface area contributed by atoms with Crippen LogP contribution >= 0.6 is 0 Å². The lowest BCUT2D eigenvalue weighted by Gasteiger charge is -2.40. The molecule has 2 fully saturated rings. The molecule has 1 atom stereocenters. The average molecular weight is 394 g/mol. The summed E-state index contributed by atoms with van der Waals surface area (Å²) in [5.41, 5.74) is -0.115. The van der Waals surface area contributed by atoms with Crippen molar-refractivity contribution in [2.45, 2.75) is 64.3 Å². The maximum Gasteiger partial charge on any atom is 0.264 e. The first-order valence-corrected chi connectivity index (χ1v) is 13.5. The molecule has 0 aliphatic carbocycles. The molecule has 27 heavy (non-hydrogen) atoms. The first kappa shape index (κ1) is 22.1. The summed E-state index contributed by atoms with van der Waals surface area (Å²) >= 11 is 0. The standard InChI is InChI=1S/C20H35N3O3Si/c1-20(2,22-10-12-25-13-11-22)14-17(15-21)19(24)23-9-7-6-8-18(23)16-26-27(3,4)5/h14,18H,6-13,16H2,1-5H3/b17-14-/t18-/m1/s1. The fourth-order valence-corrected chi connectivity index (χ4v) is 4.36. The minimum absolute atomic E-state index is 0.0706. The Labute approximate surface area is 165 Å². The van der Waals surface area contributed by atoms with Gasteiger partial charge in [0.1, 0.15) is 11.6 Å². The van der Waals surface area contributed by atoms with Crippen molar-refractivity contribution in [1.82, 2.24) is 9.80 Å². The van der Waals surface area contributed by atoms with Gasteiger partial charge in [0.25, 0.3) is 5.91 Å². The summed E-state index contributed by atoms with van der Waals surface area (Å²) < 4.78 is 11.5. The van der Waals surface area contributed by atoms with Crippen molar-refractivity contribution in [1.29, 1.82) is 5.26 Å². The predicted molar refractivity (Wildman–Crippen MR) is 109 cm³/mol. The van der Waals surface area contributed by atoms with Gasteiger partial charge in [-0.15, -0.1) is 0 Å². The highest BCUT2D eigenvalue weighted by Crippen LogP contribution is 2.24. The van der Waals surface area contributed by atoms with Crippen LogP contribution in [-0.4, -0.2) is 75.1 Å². The third-order valence-corrected chi connectivity index (χ3v) is 6.30. The van der Waals surface area contributed by atoms with Gasteiger partial charge in [-0.3, -0.25) is 9.69 Å². The Hall–Kier alpha value is -1.20. The maximum absolute atomic E-state index is 13.2. The van der Waals surface area contributed by atoms with Gasteiger partial charge >= 0.3 is 0 Å². The van der Waals surface area contributed by atoms with E-state index in [1.165, 1.54) is 0 Å². The second kappa shape index (κ2) is 9.33. The number of likely N-dealkylation sites (tertiary alicyclic amines) is 1. The molecule has 2 rings (SSSR count). The summed E-state index contributed by atoms with van der Waals surface area (Å²) in [7, 11) is -1.64. The van der Waals surface area contributed by atoms with E-state index < -0.39 is 8.32 Å². The van der Waals surface area contributed by atoms with Crippen LogP contribution in [0.3, 0.4) is 0 Å². The molecule has 2 saturated heterocycles. The fourth-order valence-electron chi connectivity index (χ4n) is 3.67. The van der Waals surface area contributed by atoms with E-state index in [0.717, 1.165) is 32.4 Å². The van der Waals surface area contributed by atoms with Crippen molar-refractivity contribution in [2.75, 3.05) is 39.5 Å². The smallest absolute Gasteiger partial charge is 0.264 e. The number of carbonyl (C=O) groups excluding carboxylic acids is 1. The highest BCUT2D eigenvalue weighted by molar-refractivity contribution is 6.69. The topological polar surface area (TPSA) is 65.8 Å². The number of hydrogen-bond donors (Lipinski definition) is 0. The zero-order valence-corrected chi connectivity index (χ0v) is 18.6. The summed E-state index contributed by atoms with van der Waals surface area (Å²) in [6, 6.07) is 2.24. The van der Waals surface area contributed by atoms with Gasteiger partial charge < -0.3 is 14.1 Å². The third kappa shape index (κ3) is 6.42. The lowest BCUT2D eigenvalue weighted by molar-refractivity contribution is -0.131. The summed E-state index contributed by atoms with van der Waals surface area (Å²) in [5, 5.41) is 9.70. The van der Waals surface area contributed by atoms with Gasteiger partial charge in [0, 0.05) is 25.2 Å². The summed E-state index contributed by atoms with van der Waals surface area (Å²) in [4.78, 5) is 17.3. The van der Waals surface area contributed by atoms with Gasteiger partial charge in [-0.05, 0) is 58.8 Å². The molecule has 2 aliphatic rings. The Morgan fingerprint density at radius 2 is 1.93 bits per heavy atom. The van der Waals surface area contributed by atoms with Crippen molar-refractivity contribution in [3.8, 4) is 6.07 Å². The van der Waals surface area contributed by atoms with Gasteiger partial charge in [-0.25, -0.2) is 0 Å². The summed E-state index contributed by atoms with van der Waals surface area (Å²) in [6.07, 6.45) is 4.88. The largest absolute Gasteiger partial charge is 0.416 e. The van der Waals surface area contributed by atoms with Crippen molar-refractivity contribution >= 4 is 14.2 Å². The molecule has 7 heteroatoms. The van der Waals surface area contributed by atoms with Gasteiger partial charge in [0.05, 0.1) is 25.9 Å². The molecule has 0 aromatic carbocycles. The van der Waals surface area contributed by atoms with Crippen LogP contribution in [0.4, 0.5) is 0 Å². The van der Waals surface area contributed by atoms with Crippen molar-refractivity contribution in [3.63, 3.8) is 0 Å². The van der Waals surface area contributed by atoms with Crippen molar-refractivity contribution in [2.24, 2.45) is 0 Å². The Bertz CT molecular complexity index is 586. The number of nitriles is 1. The number of piperidine rings is 1. The Morgan fingerprint density at radius 1 is 1.26 bits per heavy atom. The molecular weight excluding hydrogens is 358 g/mol. The van der Waals surface area contributed by atoms with E-state index in [4.69, 9.17) is 9.16 Å².